The van der Waals surface area contributed by atoms with Gasteiger partial charge in [-0.15, -0.1) is 0 Å². The predicted octanol–water partition coefficient (Wildman–Crippen LogP) is 5.81. The summed E-state index contributed by atoms with van der Waals surface area (Å²) in [6.45, 7) is 9.73. The van der Waals surface area contributed by atoms with Crippen LogP contribution >= 0.6 is 28.1 Å². The fraction of sp³-hybridized carbons (Fsp3) is 0.440. The molecule has 0 heterocycles. The van der Waals surface area contributed by atoms with Crippen molar-refractivity contribution in [3.05, 3.63) is 52.5 Å². The summed E-state index contributed by atoms with van der Waals surface area (Å²) in [5, 5.41) is 5.67. The normalized spacial score (nSPS) is 11.5. The summed E-state index contributed by atoms with van der Waals surface area (Å²) >= 11 is 8.71. The van der Waals surface area contributed by atoms with Crippen LogP contribution in [-0.4, -0.2) is 43.4 Å². The first-order valence-corrected chi connectivity index (χ1v) is 14.4. The van der Waals surface area contributed by atoms with E-state index in [1.54, 1.807) is 30.3 Å². The highest BCUT2D eigenvalue weighted by Crippen LogP contribution is 2.26. The molecule has 2 rings (SSSR count). The third-order valence-corrected chi connectivity index (χ3v) is 7.81. The number of rotatable bonds is 12. The Morgan fingerprint density at radius 2 is 1.71 bits per heavy atom. The summed E-state index contributed by atoms with van der Waals surface area (Å²) in [5.41, 5.74) is 0.993. The summed E-state index contributed by atoms with van der Waals surface area (Å²) in [6.07, 6.45) is 2.44. The third-order valence-electron chi connectivity index (χ3n) is 5.07. The Morgan fingerprint density at radius 1 is 1.09 bits per heavy atom. The number of halogens is 1. The number of carbonyl (C=O) groups is 1. The molecular weight excluding hydrogens is 550 g/mol. The van der Waals surface area contributed by atoms with Gasteiger partial charge in [-0.25, -0.2) is 8.42 Å². The largest absolute Gasteiger partial charge is 0.492 e. The Balaban J connectivity index is 1.98. The van der Waals surface area contributed by atoms with Gasteiger partial charge < -0.3 is 10.1 Å². The average molecular weight is 585 g/mol. The van der Waals surface area contributed by atoms with Gasteiger partial charge in [0.15, 0.2) is 5.11 Å². The molecule has 2 aromatic carbocycles. The van der Waals surface area contributed by atoms with Crippen molar-refractivity contribution in [2.45, 2.75) is 51.9 Å². The van der Waals surface area contributed by atoms with Crippen LogP contribution in [0.5, 0.6) is 5.75 Å². The average Bonchev–Trinajstić information content (AvgIpc) is 2.80. The van der Waals surface area contributed by atoms with Gasteiger partial charge in [-0.1, -0.05) is 27.7 Å². The third kappa shape index (κ3) is 8.86. The monoisotopic (exact) mass is 583 g/mol. The van der Waals surface area contributed by atoms with Gasteiger partial charge in [0.05, 0.1) is 16.0 Å². The minimum Gasteiger partial charge on any atom is -0.492 e. The second-order valence-electron chi connectivity index (χ2n) is 8.51. The Labute approximate surface area is 222 Å². The maximum absolute atomic E-state index is 12.9. The van der Waals surface area contributed by atoms with Crippen molar-refractivity contribution < 1.29 is 17.9 Å². The number of hydrogen-bond acceptors (Lipinski definition) is 5. The number of nitrogens with one attached hydrogen (secondary N) is 2. The first kappa shape index (κ1) is 29.2. The minimum atomic E-state index is -3.56. The Bertz CT molecular complexity index is 1100. The number of benzene rings is 2. The molecule has 0 saturated carbocycles. The number of thiocarbonyl (C=S) groups is 1. The zero-order valence-electron chi connectivity index (χ0n) is 20.6. The molecule has 192 valence electrons. The molecule has 0 aromatic heterocycles. The summed E-state index contributed by atoms with van der Waals surface area (Å²) < 4.78 is 33.7. The minimum absolute atomic E-state index is 0.109. The lowest BCUT2D eigenvalue weighted by Gasteiger charge is -2.21. The van der Waals surface area contributed by atoms with E-state index in [1.807, 2.05) is 13.8 Å². The maximum Gasteiger partial charge on any atom is 0.257 e. The lowest BCUT2D eigenvalue weighted by Crippen LogP contribution is -2.34. The highest BCUT2D eigenvalue weighted by atomic mass is 79.9. The van der Waals surface area contributed by atoms with Crippen LogP contribution in [0.25, 0.3) is 0 Å². The van der Waals surface area contributed by atoms with E-state index >= 15 is 0 Å². The van der Waals surface area contributed by atoms with Crippen LogP contribution < -0.4 is 15.4 Å². The predicted molar refractivity (Wildman–Crippen MR) is 149 cm³/mol. The van der Waals surface area contributed by atoms with Crippen molar-refractivity contribution in [1.82, 2.24) is 9.62 Å². The standard InChI is InChI=1S/C25H34BrN3O4S2/c1-5-14-29(15-6-2)35(31,32)21-10-8-20(9-11-21)27-25(34)28-24(30)19-7-12-23(22(26)17-19)33-16-13-18(3)4/h7-12,17-18H,5-6,13-16H2,1-4H3,(H2,27,28,30,34). The van der Waals surface area contributed by atoms with E-state index in [0.717, 1.165) is 19.3 Å². The summed E-state index contributed by atoms with van der Waals surface area (Å²) in [5.74, 6) is 0.852. The van der Waals surface area contributed by atoms with E-state index < -0.39 is 10.0 Å². The molecule has 0 fully saturated rings. The second kappa shape index (κ2) is 13.9. The molecule has 0 aliphatic rings. The number of sulfonamides is 1. The van der Waals surface area contributed by atoms with Gasteiger partial charge in [-0.2, -0.15) is 4.31 Å². The molecule has 0 saturated heterocycles. The highest BCUT2D eigenvalue weighted by molar-refractivity contribution is 9.10. The summed E-state index contributed by atoms with van der Waals surface area (Å²) in [6, 6.07) is 11.4. The molecule has 0 aliphatic heterocycles. The quantitative estimate of drug-likeness (QED) is 0.306. The number of anilines is 1. The Morgan fingerprint density at radius 3 is 2.26 bits per heavy atom. The van der Waals surface area contributed by atoms with E-state index in [0.29, 0.717) is 47.1 Å². The molecule has 35 heavy (non-hydrogen) atoms. The van der Waals surface area contributed by atoms with Crippen LogP contribution in [0.15, 0.2) is 51.8 Å². The Kier molecular flexibility index (Phi) is 11.6. The molecule has 10 heteroatoms. The van der Waals surface area contributed by atoms with Crippen molar-refractivity contribution in [2.24, 2.45) is 5.92 Å². The van der Waals surface area contributed by atoms with Crippen molar-refractivity contribution in [2.75, 3.05) is 25.0 Å². The van der Waals surface area contributed by atoms with Gasteiger partial charge >= 0.3 is 0 Å². The SMILES string of the molecule is CCCN(CCC)S(=O)(=O)c1ccc(NC(=S)NC(=O)c2ccc(OCCC(C)C)c(Br)c2)cc1. The van der Waals surface area contributed by atoms with Crippen molar-refractivity contribution in [3.8, 4) is 5.75 Å². The van der Waals surface area contributed by atoms with Gasteiger partial charge in [-0.05, 0) is 95.8 Å². The van der Waals surface area contributed by atoms with Gasteiger partial charge in [0.25, 0.3) is 5.91 Å². The van der Waals surface area contributed by atoms with E-state index in [4.69, 9.17) is 17.0 Å². The molecule has 0 unspecified atom stereocenters. The van der Waals surface area contributed by atoms with Crippen LogP contribution in [0.2, 0.25) is 0 Å². The van der Waals surface area contributed by atoms with Crippen LogP contribution in [0.3, 0.4) is 0 Å². The van der Waals surface area contributed by atoms with Crippen molar-refractivity contribution in [1.29, 1.82) is 0 Å². The second-order valence-corrected chi connectivity index (χ2v) is 11.7. The molecule has 0 spiro atoms. The number of hydrogen-bond donors (Lipinski definition) is 2. The number of carbonyl (C=O) groups excluding carboxylic acids is 1. The van der Waals surface area contributed by atoms with Gasteiger partial charge in [0.2, 0.25) is 10.0 Å². The highest BCUT2D eigenvalue weighted by Gasteiger charge is 2.23. The topological polar surface area (TPSA) is 87.7 Å². The zero-order valence-corrected chi connectivity index (χ0v) is 23.9. The molecule has 0 bridgehead atoms. The molecule has 0 atom stereocenters. The molecule has 1 amide bonds. The van der Waals surface area contributed by atoms with Crippen molar-refractivity contribution >= 4 is 54.9 Å². The molecular formula is C25H34BrN3O4S2. The summed E-state index contributed by atoms with van der Waals surface area (Å²) in [4.78, 5) is 12.8. The molecule has 2 aromatic rings. The number of ether oxygens (including phenoxy) is 1. The smallest absolute Gasteiger partial charge is 0.257 e. The van der Waals surface area contributed by atoms with Crippen LogP contribution in [0.1, 0.15) is 57.3 Å². The fourth-order valence-electron chi connectivity index (χ4n) is 3.21. The number of amides is 1. The lowest BCUT2D eigenvalue weighted by molar-refractivity contribution is 0.0977. The number of nitrogens with zero attached hydrogens (tertiary/aromatic N) is 1. The Hall–Kier alpha value is -2.01. The fourth-order valence-corrected chi connectivity index (χ4v) is 5.54. The van der Waals surface area contributed by atoms with Crippen LogP contribution in [0.4, 0.5) is 5.69 Å². The van der Waals surface area contributed by atoms with Gasteiger partial charge in [0.1, 0.15) is 5.75 Å². The molecule has 0 radical (unpaired) electrons. The van der Waals surface area contributed by atoms with E-state index in [9.17, 15) is 13.2 Å². The maximum atomic E-state index is 12.9. The summed E-state index contributed by atoms with van der Waals surface area (Å²) in [7, 11) is -3.56. The van der Waals surface area contributed by atoms with E-state index in [-0.39, 0.29) is 15.9 Å². The van der Waals surface area contributed by atoms with Crippen molar-refractivity contribution in [3.63, 3.8) is 0 Å². The van der Waals surface area contributed by atoms with E-state index in [2.05, 4.69) is 40.4 Å². The van der Waals surface area contributed by atoms with Crippen LogP contribution in [-0.2, 0) is 10.0 Å². The first-order chi connectivity index (χ1) is 16.6. The van der Waals surface area contributed by atoms with Gasteiger partial charge in [-0.3, -0.25) is 10.1 Å². The lowest BCUT2D eigenvalue weighted by atomic mass is 10.1. The zero-order chi connectivity index (χ0) is 26.0. The van der Waals surface area contributed by atoms with Gasteiger partial charge in [0, 0.05) is 24.3 Å². The van der Waals surface area contributed by atoms with Crippen LogP contribution in [0, 0.1) is 5.92 Å². The molecule has 7 nitrogen and oxygen atoms in total. The first-order valence-electron chi connectivity index (χ1n) is 11.7. The molecule has 2 N–H and O–H groups in total. The molecule has 0 aliphatic carbocycles. The van der Waals surface area contributed by atoms with E-state index in [1.165, 1.54) is 16.4 Å².